The maximum Gasteiger partial charge on any atom is 0.162 e. The molecule has 0 bridgehead atoms. The van der Waals surface area contributed by atoms with Crippen LogP contribution in [0.25, 0.3) is 0 Å². The topological polar surface area (TPSA) is 60.0 Å². The molecule has 5 heteroatoms. The lowest BCUT2D eigenvalue weighted by Crippen LogP contribution is -2.00. The van der Waals surface area contributed by atoms with Crippen molar-refractivity contribution in [1.82, 2.24) is 0 Å². The Morgan fingerprint density at radius 3 is 2.14 bits per heavy atom. The lowest BCUT2D eigenvalue weighted by molar-refractivity contribution is 0.355. The third kappa shape index (κ3) is 3.51. The van der Waals surface area contributed by atoms with Gasteiger partial charge in [-0.2, -0.15) is 0 Å². The van der Waals surface area contributed by atoms with E-state index < -0.39 is 0 Å². The summed E-state index contributed by atoms with van der Waals surface area (Å²) < 4.78 is 15.5. The summed E-state index contributed by atoms with van der Waals surface area (Å²) in [4.78, 5) is 0. The van der Waals surface area contributed by atoms with Gasteiger partial charge in [0.25, 0.3) is 0 Å². The normalized spacial score (nSPS) is 10.0. The number of aromatic hydroxyl groups is 1. The van der Waals surface area contributed by atoms with E-state index in [1.165, 1.54) is 7.11 Å². The van der Waals surface area contributed by atoms with Gasteiger partial charge in [0.1, 0.15) is 0 Å². The van der Waals surface area contributed by atoms with Crippen LogP contribution in [0.5, 0.6) is 23.0 Å². The van der Waals surface area contributed by atoms with Crippen molar-refractivity contribution < 1.29 is 19.3 Å². The second-order valence-corrected chi connectivity index (χ2v) is 4.43. The Morgan fingerprint density at radius 1 is 0.857 bits per heavy atom. The van der Waals surface area contributed by atoms with E-state index in [1.54, 1.807) is 26.4 Å². The number of phenolic OH excluding ortho intramolecular Hbond substituents is 1. The predicted octanol–water partition coefficient (Wildman–Crippen LogP) is 3.03. The van der Waals surface area contributed by atoms with E-state index in [0.717, 1.165) is 11.3 Å². The summed E-state index contributed by atoms with van der Waals surface area (Å²) in [5.74, 6) is 1.94. The molecule has 112 valence electrons. The summed E-state index contributed by atoms with van der Waals surface area (Å²) >= 11 is 0. The SMILES string of the molecule is COc1ccc(CNc2ccc(OC)c(OC)c2)cc1O. The Kier molecular flexibility index (Phi) is 4.77. The Hall–Kier alpha value is -2.56. The quantitative estimate of drug-likeness (QED) is 0.856. The zero-order valence-corrected chi connectivity index (χ0v) is 12.3. The van der Waals surface area contributed by atoms with E-state index in [4.69, 9.17) is 14.2 Å². The van der Waals surface area contributed by atoms with Gasteiger partial charge in [-0.05, 0) is 29.8 Å². The molecule has 0 unspecified atom stereocenters. The van der Waals surface area contributed by atoms with Gasteiger partial charge in [0.15, 0.2) is 23.0 Å². The molecule has 0 saturated heterocycles. The van der Waals surface area contributed by atoms with Crippen molar-refractivity contribution in [2.24, 2.45) is 0 Å². The van der Waals surface area contributed by atoms with Gasteiger partial charge in [0, 0.05) is 18.3 Å². The number of hydrogen-bond acceptors (Lipinski definition) is 5. The number of benzene rings is 2. The Balaban J connectivity index is 2.07. The predicted molar refractivity (Wildman–Crippen MR) is 81.5 cm³/mol. The van der Waals surface area contributed by atoms with Gasteiger partial charge in [0.05, 0.1) is 21.3 Å². The second-order valence-electron chi connectivity index (χ2n) is 4.43. The van der Waals surface area contributed by atoms with E-state index in [9.17, 15) is 5.11 Å². The summed E-state index contributed by atoms with van der Waals surface area (Å²) in [6.45, 7) is 0.576. The average Bonchev–Trinajstić information content (AvgIpc) is 2.52. The number of anilines is 1. The minimum absolute atomic E-state index is 0.129. The van der Waals surface area contributed by atoms with Crippen LogP contribution in [0.4, 0.5) is 5.69 Å². The second kappa shape index (κ2) is 6.74. The van der Waals surface area contributed by atoms with Crippen molar-refractivity contribution in [3.63, 3.8) is 0 Å². The monoisotopic (exact) mass is 289 g/mol. The molecule has 0 fully saturated rings. The van der Waals surface area contributed by atoms with E-state index in [-0.39, 0.29) is 5.75 Å². The maximum atomic E-state index is 9.75. The fourth-order valence-electron chi connectivity index (χ4n) is 2.00. The van der Waals surface area contributed by atoms with Crippen LogP contribution in [0.3, 0.4) is 0 Å². The highest BCUT2D eigenvalue weighted by Crippen LogP contribution is 2.30. The first-order chi connectivity index (χ1) is 10.2. The fraction of sp³-hybridized carbons (Fsp3) is 0.250. The van der Waals surface area contributed by atoms with Crippen LogP contribution < -0.4 is 19.5 Å². The van der Waals surface area contributed by atoms with Crippen molar-refractivity contribution in [2.75, 3.05) is 26.6 Å². The molecule has 0 saturated carbocycles. The first-order valence-corrected chi connectivity index (χ1v) is 6.49. The number of rotatable bonds is 6. The van der Waals surface area contributed by atoms with Crippen LogP contribution in [0, 0.1) is 0 Å². The molecule has 2 aromatic rings. The minimum Gasteiger partial charge on any atom is -0.504 e. The van der Waals surface area contributed by atoms with Gasteiger partial charge in [-0.25, -0.2) is 0 Å². The molecule has 0 spiro atoms. The zero-order valence-electron chi connectivity index (χ0n) is 12.3. The molecule has 0 aliphatic heterocycles. The Bertz CT molecular complexity index is 613. The van der Waals surface area contributed by atoms with Crippen molar-refractivity contribution in [3.05, 3.63) is 42.0 Å². The van der Waals surface area contributed by atoms with Gasteiger partial charge >= 0.3 is 0 Å². The fourth-order valence-corrected chi connectivity index (χ4v) is 2.00. The Labute approximate surface area is 124 Å². The molecular formula is C16H19NO4. The standard InChI is InChI=1S/C16H19NO4/c1-19-14-6-4-11(8-13(14)18)10-17-12-5-7-15(20-2)16(9-12)21-3/h4-9,17-18H,10H2,1-3H3. The third-order valence-corrected chi connectivity index (χ3v) is 3.12. The first-order valence-electron chi connectivity index (χ1n) is 6.49. The number of nitrogens with one attached hydrogen (secondary N) is 1. The number of ether oxygens (including phenoxy) is 3. The van der Waals surface area contributed by atoms with Gasteiger partial charge in [-0.3, -0.25) is 0 Å². The Morgan fingerprint density at radius 2 is 1.52 bits per heavy atom. The molecule has 0 atom stereocenters. The third-order valence-electron chi connectivity index (χ3n) is 3.12. The average molecular weight is 289 g/mol. The summed E-state index contributed by atoms with van der Waals surface area (Å²) in [5, 5.41) is 13.0. The van der Waals surface area contributed by atoms with Crippen molar-refractivity contribution in [1.29, 1.82) is 0 Å². The maximum absolute atomic E-state index is 9.75. The smallest absolute Gasteiger partial charge is 0.162 e. The molecule has 0 heterocycles. The number of methoxy groups -OCH3 is 3. The largest absolute Gasteiger partial charge is 0.504 e. The van der Waals surface area contributed by atoms with Crippen LogP contribution in [-0.4, -0.2) is 26.4 Å². The molecule has 2 N–H and O–H groups in total. The van der Waals surface area contributed by atoms with Crippen molar-refractivity contribution in [2.45, 2.75) is 6.54 Å². The number of hydrogen-bond donors (Lipinski definition) is 2. The molecule has 0 aromatic heterocycles. The van der Waals surface area contributed by atoms with Crippen LogP contribution in [0.2, 0.25) is 0 Å². The van der Waals surface area contributed by atoms with Crippen LogP contribution in [0.1, 0.15) is 5.56 Å². The molecule has 2 aromatic carbocycles. The highest BCUT2D eigenvalue weighted by atomic mass is 16.5. The molecule has 0 radical (unpaired) electrons. The van der Waals surface area contributed by atoms with E-state index in [0.29, 0.717) is 23.8 Å². The highest BCUT2D eigenvalue weighted by molar-refractivity contribution is 5.55. The van der Waals surface area contributed by atoms with E-state index >= 15 is 0 Å². The summed E-state index contributed by atoms with van der Waals surface area (Å²) in [6, 6.07) is 10.9. The van der Waals surface area contributed by atoms with Crippen molar-refractivity contribution >= 4 is 5.69 Å². The first kappa shape index (κ1) is 14.8. The van der Waals surface area contributed by atoms with Gasteiger partial charge < -0.3 is 24.6 Å². The lowest BCUT2D eigenvalue weighted by atomic mass is 10.2. The molecule has 0 aliphatic carbocycles. The zero-order chi connectivity index (χ0) is 15.2. The summed E-state index contributed by atoms with van der Waals surface area (Å²) in [5.41, 5.74) is 1.85. The van der Waals surface area contributed by atoms with Crippen LogP contribution in [-0.2, 0) is 6.54 Å². The lowest BCUT2D eigenvalue weighted by Gasteiger charge is -2.12. The molecular weight excluding hydrogens is 270 g/mol. The van der Waals surface area contributed by atoms with Gasteiger partial charge in [-0.1, -0.05) is 6.07 Å². The molecule has 5 nitrogen and oxygen atoms in total. The van der Waals surface area contributed by atoms with Crippen molar-refractivity contribution in [3.8, 4) is 23.0 Å². The van der Waals surface area contributed by atoms with E-state index in [2.05, 4.69) is 5.32 Å². The molecule has 0 amide bonds. The summed E-state index contributed by atoms with van der Waals surface area (Å²) in [7, 11) is 4.73. The molecule has 21 heavy (non-hydrogen) atoms. The van der Waals surface area contributed by atoms with Crippen LogP contribution in [0.15, 0.2) is 36.4 Å². The summed E-state index contributed by atoms with van der Waals surface area (Å²) in [6.07, 6.45) is 0. The minimum atomic E-state index is 0.129. The molecule has 2 rings (SSSR count). The number of phenols is 1. The van der Waals surface area contributed by atoms with E-state index in [1.807, 2.05) is 24.3 Å². The van der Waals surface area contributed by atoms with Gasteiger partial charge in [0.2, 0.25) is 0 Å². The van der Waals surface area contributed by atoms with Crippen LogP contribution >= 0.6 is 0 Å². The molecule has 0 aliphatic rings. The van der Waals surface area contributed by atoms with Gasteiger partial charge in [-0.15, -0.1) is 0 Å². The highest BCUT2D eigenvalue weighted by Gasteiger charge is 2.05.